The molecular formula is C19H19ClN2O2. The quantitative estimate of drug-likeness (QED) is 0.855. The topological polar surface area (TPSA) is 42.3 Å². The predicted octanol–water partition coefficient (Wildman–Crippen LogP) is 3.27. The second kappa shape index (κ2) is 6.65. The van der Waals surface area contributed by atoms with E-state index in [2.05, 4.69) is 12.6 Å². The van der Waals surface area contributed by atoms with Crippen LogP contribution in [-0.4, -0.2) is 21.9 Å². The minimum Gasteiger partial charge on any atom is -0.326 e. The summed E-state index contributed by atoms with van der Waals surface area (Å²) in [5.41, 5.74) is 2.56. The van der Waals surface area contributed by atoms with Crippen LogP contribution in [0.2, 0.25) is 0 Å². The Kier molecular flexibility index (Phi) is 4.58. The Balaban J connectivity index is 1.98. The van der Waals surface area contributed by atoms with E-state index in [4.69, 9.17) is 11.6 Å². The van der Waals surface area contributed by atoms with Crippen LogP contribution in [0.5, 0.6) is 0 Å². The lowest BCUT2D eigenvalue weighted by molar-refractivity contribution is 0.0699. The van der Waals surface area contributed by atoms with Crippen LogP contribution < -0.4 is 5.56 Å². The van der Waals surface area contributed by atoms with Crippen molar-refractivity contribution in [2.45, 2.75) is 18.9 Å². The molecule has 1 heterocycles. The fourth-order valence-electron chi connectivity index (χ4n) is 3.21. The van der Waals surface area contributed by atoms with Gasteiger partial charge in [-0.15, -0.1) is 0 Å². The van der Waals surface area contributed by atoms with Crippen molar-refractivity contribution < 1.29 is 4.79 Å². The number of carbonyl (C=O) groups excluding carboxylic acids is 1. The maximum atomic E-state index is 13.0. The Hall–Kier alpha value is -2.33. The van der Waals surface area contributed by atoms with Gasteiger partial charge in [-0.25, -0.2) is 0 Å². The first kappa shape index (κ1) is 16.5. The average Bonchev–Trinajstić information content (AvgIpc) is 2.98. The summed E-state index contributed by atoms with van der Waals surface area (Å²) in [5.74, 6) is -0.198. The van der Waals surface area contributed by atoms with Crippen LogP contribution in [0.3, 0.4) is 0 Å². The van der Waals surface area contributed by atoms with Crippen molar-refractivity contribution in [3.05, 3.63) is 81.3 Å². The number of nitrogens with zero attached hydrogens (tertiary/aromatic N) is 2. The molecular weight excluding hydrogens is 324 g/mol. The highest BCUT2D eigenvalue weighted by Crippen LogP contribution is 2.36. The van der Waals surface area contributed by atoms with Gasteiger partial charge in [0.2, 0.25) is 0 Å². The van der Waals surface area contributed by atoms with Gasteiger partial charge in [-0.2, -0.15) is 0 Å². The summed E-state index contributed by atoms with van der Waals surface area (Å²) in [7, 11) is 1.65. The summed E-state index contributed by atoms with van der Waals surface area (Å²) in [6, 6.07) is 11.1. The average molecular weight is 343 g/mol. The first-order valence-corrected chi connectivity index (χ1v) is 8.24. The molecule has 1 amide bonds. The Morgan fingerprint density at radius 2 is 2.12 bits per heavy atom. The third kappa shape index (κ3) is 3.15. The summed E-state index contributed by atoms with van der Waals surface area (Å²) >= 11 is 6.01. The maximum Gasteiger partial charge on any atom is 0.254 e. The number of pyridine rings is 1. The molecule has 0 unspecified atom stereocenters. The molecule has 2 aromatic rings. The number of hydrogen-bond acceptors (Lipinski definition) is 2. The Bertz CT molecular complexity index is 856. The van der Waals surface area contributed by atoms with Crippen molar-refractivity contribution in [1.29, 1.82) is 0 Å². The number of benzene rings is 1. The predicted molar refractivity (Wildman–Crippen MR) is 95.2 cm³/mol. The molecule has 24 heavy (non-hydrogen) atoms. The Morgan fingerprint density at radius 1 is 1.38 bits per heavy atom. The molecule has 1 aliphatic carbocycles. The van der Waals surface area contributed by atoms with E-state index >= 15 is 0 Å². The summed E-state index contributed by atoms with van der Waals surface area (Å²) in [6.07, 6.45) is 3.38. The molecule has 0 saturated heterocycles. The van der Waals surface area contributed by atoms with Crippen molar-refractivity contribution in [3.8, 4) is 0 Å². The first-order valence-electron chi connectivity index (χ1n) is 7.86. The van der Waals surface area contributed by atoms with Crippen LogP contribution in [0.15, 0.2) is 59.0 Å². The fourth-order valence-corrected chi connectivity index (χ4v) is 3.34. The zero-order chi connectivity index (χ0) is 17.3. The van der Waals surface area contributed by atoms with E-state index < -0.39 is 0 Å². The highest BCUT2D eigenvalue weighted by Gasteiger charge is 2.31. The molecule has 0 bridgehead atoms. The van der Waals surface area contributed by atoms with Gasteiger partial charge >= 0.3 is 0 Å². The molecule has 5 heteroatoms. The summed E-state index contributed by atoms with van der Waals surface area (Å²) in [4.78, 5) is 26.6. The molecule has 3 rings (SSSR count). The zero-order valence-electron chi connectivity index (χ0n) is 13.5. The summed E-state index contributed by atoms with van der Waals surface area (Å²) < 4.78 is 1.44. The van der Waals surface area contributed by atoms with E-state index in [1.165, 1.54) is 16.2 Å². The van der Waals surface area contributed by atoms with Gasteiger partial charge in [0.15, 0.2) is 0 Å². The molecule has 0 radical (unpaired) electrons. The van der Waals surface area contributed by atoms with Crippen molar-refractivity contribution in [2.75, 3.05) is 6.54 Å². The van der Waals surface area contributed by atoms with Crippen LogP contribution in [0.1, 0.15) is 33.9 Å². The fraction of sp³-hybridized carbons (Fsp3) is 0.263. The van der Waals surface area contributed by atoms with Gasteiger partial charge in [0, 0.05) is 29.9 Å². The number of hydrogen-bond donors (Lipinski definition) is 0. The van der Waals surface area contributed by atoms with Crippen LogP contribution >= 0.6 is 11.6 Å². The number of aryl methyl sites for hydroxylation is 2. The van der Waals surface area contributed by atoms with Gasteiger partial charge in [-0.1, -0.05) is 42.4 Å². The molecule has 1 atom stereocenters. The summed E-state index contributed by atoms with van der Waals surface area (Å²) in [6.45, 7) is 3.99. The number of rotatable bonds is 4. The highest BCUT2D eigenvalue weighted by atomic mass is 35.5. The van der Waals surface area contributed by atoms with Gasteiger partial charge in [0.1, 0.15) is 0 Å². The molecule has 0 saturated carbocycles. The van der Waals surface area contributed by atoms with Crippen molar-refractivity contribution >= 4 is 17.5 Å². The molecule has 4 nitrogen and oxygen atoms in total. The number of fused-ring (bicyclic) bond motifs is 1. The lowest BCUT2D eigenvalue weighted by Crippen LogP contribution is -2.35. The van der Waals surface area contributed by atoms with E-state index in [0.717, 1.165) is 18.4 Å². The minimum absolute atomic E-state index is 0.0479. The van der Waals surface area contributed by atoms with Gasteiger partial charge in [0.25, 0.3) is 11.5 Å². The van der Waals surface area contributed by atoms with E-state index in [-0.39, 0.29) is 24.1 Å². The second-order valence-corrected chi connectivity index (χ2v) is 6.60. The SMILES string of the molecule is C=C(Cl)CN(C(=O)c1ccn(C)c(=O)c1)[C@@H]1CCc2ccccc21. The number of carbonyl (C=O) groups is 1. The Morgan fingerprint density at radius 3 is 2.83 bits per heavy atom. The van der Waals surface area contributed by atoms with Crippen molar-refractivity contribution in [1.82, 2.24) is 9.47 Å². The van der Waals surface area contributed by atoms with E-state index in [1.54, 1.807) is 24.2 Å². The van der Waals surface area contributed by atoms with E-state index in [9.17, 15) is 9.59 Å². The molecule has 1 aromatic heterocycles. The number of amides is 1. The third-order valence-corrected chi connectivity index (χ3v) is 4.55. The normalized spacial score (nSPS) is 15.8. The minimum atomic E-state index is -0.211. The molecule has 0 spiro atoms. The highest BCUT2D eigenvalue weighted by molar-refractivity contribution is 6.29. The van der Waals surface area contributed by atoms with E-state index in [0.29, 0.717) is 10.6 Å². The lowest BCUT2D eigenvalue weighted by atomic mass is 10.1. The number of aromatic nitrogens is 1. The molecule has 0 fully saturated rings. The van der Waals surface area contributed by atoms with Crippen molar-refractivity contribution in [3.63, 3.8) is 0 Å². The largest absolute Gasteiger partial charge is 0.326 e. The second-order valence-electron chi connectivity index (χ2n) is 6.07. The first-order chi connectivity index (χ1) is 11.5. The maximum absolute atomic E-state index is 13.0. The monoisotopic (exact) mass is 342 g/mol. The van der Waals surface area contributed by atoms with Crippen LogP contribution in [0, 0.1) is 0 Å². The molecule has 0 N–H and O–H groups in total. The van der Waals surface area contributed by atoms with Crippen LogP contribution in [0.4, 0.5) is 0 Å². The van der Waals surface area contributed by atoms with E-state index in [1.807, 2.05) is 18.2 Å². The van der Waals surface area contributed by atoms with Gasteiger partial charge in [-0.05, 0) is 30.0 Å². The standard InChI is InChI=1S/C19H19ClN2O2/c1-13(20)12-22(17-8-7-14-5-3-4-6-16(14)17)19(24)15-9-10-21(2)18(23)11-15/h3-6,9-11,17H,1,7-8,12H2,2H3/t17-/m1/s1. The van der Waals surface area contributed by atoms with Crippen molar-refractivity contribution in [2.24, 2.45) is 7.05 Å². The van der Waals surface area contributed by atoms with Gasteiger partial charge < -0.3 is 9.47 Å². The summed E-state index contributed by atoms with van der Waals surface area (Å²) in [5, 5.41) is 0.400. The van der Waals surface area contributed by atoms with Crippen LogP contribution in [-0.2, 0) is 13.5 Å². The van der Waals surface area contributed by atoms with Gasteiger partial charge in [-0.3, -0.25) is 9.59 Å². The third-order valence-electron chi connectivity index (χ3n) is 4.43. The zero-order valence-corrected chi connectivity index (χ0v) is 14.3. The van der Waals surface area contributed by atoms with Crippen LogP contribution in [0.25, 0.3) is 0 Å². The Labute approximate surface area is 146 Å². The smallest absolute Gasteiger partial charge is 0.254 e. The molecule has 1 aromatic carbocycles. The molecule has 124 valence electrons. The van der Waals surface area contributed by atoms with Gasteiger partial charge in [0.05, 0.1) is 12.6 Å². The lowest BCUT2D eigenvalue weighted by Gasteiger charge is -2.29. The number of halogens is 1. The molecule has 0 aliphatic heterocycles. The molecule has 1 aliphatic rings.